The van der Waals surface area contributed by atoms with E-state index >= 15 is 0 Å². The largest absolute Gasteiger partial charge is 0.846 e. The van der Waals surface area contributed by atoms with E-state index in [2.05, 4.69) is 22.4 Å². The van der Waals surface area contributed by atoms with Gasteiger partial charge in [0.25, 0.3) is 6.73 Å². The van der Waals surface area contributed by atoms with Gasteiger partial charge in [-0.05, 0) is 54.7 Å². The van der Waals surface area contributed by atoms with Gasteiger partial charge in [0.15, 0.2) is 12.4 Å². The summed E-state index contributed by atoms with van der Waals surface area (Å²) < 4.78 is 18.1. The predicted molar refractivity (Wildman–Crippen MR) is 167 cm³/mol. The Morgan fingerprint density at radius 3 is 2.53 bits per heavy atom. The number of amides is 1. The number of carbonyl (C=O) groups is 2. The highest BCUT2D eigenvalue weighted by atomic mass is 16.6. The summed E-state index contributed by atoms with van der Waals surface area (Å²) in [7, 11) is 1.31. The monoisotopic (exact) mass is 608 g/mol. The zero-order chi connectivity index (χ0) is 31.4. The van der Waals surface area contributed by atoms with E-state index in [0.717, 1.165) is 40.8 Å². The molecule has 1 aromatic heterocycles. The van der Waals surface area contributed by atoms with E-state index in [1.54, 1.807) is 23.0 Å². The molecule has 1 aliphatic heterocycles. The van der Waals surface area contributed by atoms with Crippen LogP contribution in [0.25, 0.3) is 11.1 Å². The lowest BCUT2D eigenvalue weighted by Gasteiger charge is -2.32. The first-order valence-electron chi connectivity index (χ1n) is 14.8. The molecule has 4 aromatic rings. The standard InChI is InChI=1S/C35H36N4O6/c1-43-33(40)31-14-7-8-21-39(31)35(42)45-25-38-20-9-10-27(23-38)22-36-34(41)37-29-18-16-26(17-19-29)24-44-32-15-6-5-13-30(32)28-11-3-2-4-12-28/h2-6,9-13,15-20,23,31H,7-8,14,21-22,24-25H2,1H3,(H-,36,37,41). The molecular weight excluding hydrogens is 572 g/mol. The van der Waals surface area contributed by atoms with Gasteiger partial charge in [0.1, 0.15) is 18.4 Å². The minimum atomic E-state index is -0.628. The number of benzene rings is 3. The molecule has 0 saturated carbocycles. The number of amidine groups is 1. The molecule has 0 bridgehead atoms. The van der Waals surface area contributed by atoms with Gasteiger partial charge in [-0.1, -0.05) is 60.7 Å². The van der Waals surface area contributed by atoms with Crippen LogP contribution in [0.5, 0.6) is 5.75 Å². The SMILES string of the molecule is COC(=O)C1CCCCN1C(=O)OC[n+]1cccc(CN=C([O-])Nc2ccc(COc3ccccc3-c3ccccc3)cc2)c1. The Balaban J connectivity index is 1.11. The van der Waals surface area contributed by atoms with Crippen molar-refractivity contribution in [2.24, 2.45) is 4.99 Å². The van der Waals surface area contributed by atoms with Crippen LogP contribution in [0.15, 0.2) is 108 Å². The summed E-state index contributed by atoms with van der Waals surface area (Å²) in [6.07, 6.45) is 5.14. The predicted octanol–water partition coefficient (Wildman–Crippen LogP) is 4.67. The maximum Gasteiger partial charge on any atom is 0.415 e. The molecular formula is C35H36N4O6. The fraction of sp³-hybridized carbons (Fsp3) is 0.257. The van der Waals surface area contributed by atoms with E-state index in [1.807, 2.05) is 72.8 Å². The van der Waals surface area contributed by atoms with E-state index in [9.17, 15) is 14.7 Å². The number of carbonyl (C=O) groups excluding carboxylic acids is 2. The second-order valence-corrected chi connectivity index (χ2v) is 10.6. The first kappa shape index (κ1) is 31.1. The van der Waals surface area contributed by atoms with Crippen LogP contribution in [0, 0.1) is 0 Å². The smallest absolute Gasteiger partial charge is 0.415 e. The third-order valence-electron chi connectivity index (χ3n) is 7.44. The van der Waals surface area contributed by atoms with Crippen LogP contribution in [0.4, 0.5) is 10.5 Å². The second-order valence-electron chi connectivity index (χ2n) is 10.6. The average molecular weight is 609 g/mol. The van der Waals surface area contributed by atoms with Gasteiger partial charge in [0.05, 0.1) is 19.7 Å². The number of hydrogen-bond acceptors (Lipinski definition) is 7. The summed E-state index contributed by atoms with van der Waals surface area (Å²) in [6, 6.07) is 28.0. The van der Waals surface area contributed by atoms with E-state index < -0.39 is 24.1 Å². The van der Waals surface area contributed by atoms with Gasteiger partial charge in [-0.25, -0.2) is 9.59 Å². The molecule has 1 amide bonds. The number of likely N-dealkylation sites (tertiary alicyclic amines) is 1. The van der Waals surface area contributed by atoms with Crippen LogP contribution in [-0.2, 0) is 34.2 Å². The summed E-state index contributed by atoms with van der Waals surface area (Å²) in [5, 5.41) is 15.3. The number of nitrogens with zero attached hydrogens (tertiary/aromatic N) is 3. The lowest BCUT2D eigenvalue weighted by Crippen LogP contribution is -2.49. The number of piperidine rings is 1. The van der Waals surface area contributed by atoms with Crippen molar-refractivity contribution >= 4 is 23.8 Å². The maximum absolute atomic E-state index is 12.7. The number of nitrogens with one attached hydrogen (secondary N) is 1. The zero-order valence-electron chi connectivity index (χ0n) is 25.1. The summed E-state index contributed by atoms with van der Waals surface area (Å²) >= 11 is 0. The number of ether oxygens (including phenoxy) is 3. The van der Waals surface area contributed by atoms with E-state index in [4.69, 9.17) is 14.2 Å². The number of hydrogen-bond donors (Lipinski definition) is 1. The fourth-order valence-corrected chi connectivity index (χ4v) is 5.11. The van der Waals surface area contributed by atoms with Crippen LogP contribution in [0.2, 0.25) is 0 Å². The van der Waals surface area contributed by atoms with Gasteiger partial charge in [-0.15, -0.1) is 0 Å². The van der Waals surface area contributed by atoms with Gasteiger partial charge in [-0.2, -0.15) is 4.57 Å². The molecule has 0 radical (unpaired) electrons. The number of aliphatic imine (C=N–C) groups is 1. The molecule has 1 aliphatic rings. The third kappa shape index (κ3) is 8.60. The Kier molecular flexibility index (Phi) is 10.6. The molecule has 232 valence electrons. The molecule has 0 aliphatic carbocycles. The molecule has 3 aromatic carbocycles. The average Bonchev–Trinajstić information content (AvgIpc) is 3.09. The van der Waals surface area contributed by atoms with Crippen molar-refractivity contribution in [2.75, 3.05) is 19.0 Å². The van der Waals surface area contributed by atoms with Crippen molar-refractivity contribution in [2.45, 2.75) is 45.2 Å². The topological polar surface area (TPSA) is 116 Å². The van der Waals surface area contributed by atoms with Crippen molar-refractivity contribution in [1.82, 2.24) is 4.90 Å². The summed E-state index contributed by atoms with van der Waals surface area (Å²) in [6.45, 7) is 0.924. The number of para-hydroxylation sites is 1. The summed E-state index contributed by atoms with van der Waals surface area (Å²) in [4.78, 5) is 30.3. The van der Waals surface area contributed by atoms with Crippen LogP contribution >= 0.6 is 0 Å². The summed E-state index contributed by atoms with van der Waals surface area (Å²) in [5.41, 5.74) is 4.46. The van der Waals surface area contributed by atoms with Gasteiger partial charge < -0.3 is 24.6 Å². The van der Waals surface area contributed by atoms with Gasteiger partial charge in [0, 0.05) is 29.4 Å². The third-order valence-corrected chi connectivity index (χ3v) is 7.44. The molecule has 1 fully saturated rings. The first-order chi connectivity index (χ1) is 22.0. The molecule has 0 spiro atoms. The molecule has 1 N–H and O–H groups in total. The minimum absolute atomic E-state index is 0.0445. The molecule has 2 heterocycles. The summed E-state index contributed by atoms with van der Waals surface area (Å²) in [5.74, 6) is 0.362. The number of methoxy groups -OCH3 is 1. The van der Waals surface area contributed by atoms with Crippen molar-refractivity contribution < 1.29 is 33.5 Å². The number of aromatic nitrogens is 1. The van der Waals surface area contributed by atoms with Gasteiger partial charge in [0.2, 0.25) is 0 Å². The Morgan fingerprint density at radius 1 is 0.956 bits per heavy atom. The number of anilines is 1. The molecule has 10 heteroatoms. The van der Waals surface area contributed by atoms with Crippen LogP contribution in [0.1, 0.15) is 30.4 Å². The Bertz CT molecular complexity index is 1610. The lowest BCUT2D eigenvalue weighted by molar-refractivity contribution is -0.727. The van der Waals surface area contributed by atoms with Gasteiger partial charge >= 0.3 is 12.1 Å². The Hall–Kier alpha value is -5.38. The molecule has 1 atom stereocenters. The zero-order valence-corrected chi connectivity index (χ0v) is 25.1. The molecule has 1 saturated heterocycles. The maximum atomic E-state index is 12.7. The first-order valence-corrected chi connectivity index (χ1v) is 14.8. The lowest BCUT2D eigenvalue weighted by atomic mass is 10.0. The van der Waals surface area contributed by atoms with Crippen LogP contribution < -0.4 is 19.7 Å². The highest BCUT2D eigenvalue weighted by molar-refractivity contribution is 5.85. The van der Waals surface area contributed by atoms with Crippen molar-refractivity contribution in [3.63, 3.8) is 0 Å². The minimum Gasteiger partial charge on any atom is -0.846 e. The van der Waals surface area contributed by atoms with E-state index in [0.29, 0.717) is 25.3 Å². The number of rotatable bonds is 10. The van der Waals surface area contributed by atoms with Crippen LogP contribution in [-0.4, -0.2) is 42.7 Å². The van der Waals surface area contributed by atoms with Crippen LogP contribution in [0.3, 0.4) is 0 Å². The second kappa shape index (κ2) is 15.4. The van der Waals surface area contributed by atoms with Crippen molar-refractivity contribution in [1.29, 1.82) is 0 Å². The van der Waals surface area contributed by atoms with Gasteiger partial charge in [-0.3, -0.25) is 9.89 Å². The van der Waals surface area contributed by atoms with E-state index in [-0.39, 0.29) is 13.3 Å². The van der Waals surface area contributed by atoms with Crippen molar-refractivity contribution in [3.8, 4) is 16.9 Å². The fourth-order valence-electron chi connectivity index (χ4n) is 5.11. The quantitative estimate of drug-likeness (QED) is 0.120. The Labute approximate surface area is 262 Å². The number of pyridine rings is 1. The molecule has 1 unspecified atom stereocenters. The molecule has 45 heavy (non-hydrogen) atoms. The molecule has 10 nitrogen and oxygen atoms in total. The van der Waals surface area contributed by atoms with Crippen molar-refractivity contribution in [3.05, 3.63) is 115 Å². The number of esters is 1. The Morgan fingerprint density at radius 2 is 1.73 bits per heavy atom. The highest BCUT2D eigenvalue weighted by Gasteiger charge is 2.34. The highest BCUT2D eigenvalue weighted by Crippen LogP contribution is 2.30. The molecule has 5 rings (SSSR count). The normalized spacial score (nSPS) is 14.8. The van der Waals surface area contributed by atoms with E-state index in [1.165, 1.54) is 12.0 Å².